The molecule has 2 bridgehead atoms. The molecule has 1 amide bonds. The summed E-state index contributed by atoms with van der Waals surface area (Å²) in [5.41, 5.74) is 0.221. The number of amides is 1. The molecule has 0 aromatic heterocycles. The molecule has 0 radical (unpaired) electrons. The molecule has 6 atom stereocenters. The predicted octanol–water partition coefficient (Wildman–Crippen LogP) is 2.11. The second kappa shape index (κ2) is 6.93. The third kappa shape index (κ3) is 3.37. The van der Waals surface area contributed by atoms with Crippen LogP contribution in [0.5, 0.6) is 0 Å². The van der Waals surface area contributed by atoms with Crippen LogP contribution in [0.2, 0.25) is 0 Å². The van der Waals surface area contributed by atoms with E-state index in [1.807, 2.05) is 13.8 Å². The van der Waals surface area contributed by atoms with E-state index in [0.29, 0.717) is 6.61 Å². The van der Waals surface area contributed by atoms with Crippen molar-refractivity contribution in [3.05, 3.63) is 47.3 Å². The van der Waals surface area contributed by atoms with Crippen LogP contribution in [0.4, 0.5) is 0 Å². The van der Waals surface area contributed by atoms with Crippen LogP contribution in [0.1, 0.15) is 27.7 Å². The number of fused-ring (bicyclic) bond motifs is 3. The van der Waals surface area contributed by atoms with Crippen LogP contribution in [0.15, 0.2) is 47.3 Å². The molecule has 4 aliphatic heterocycles. The monoisotopic (exact) mass is 401 g/mol. The standard InChI is InChI=1S/C22H27NO6/c1-12(5-6-15(24)18-16(25)10-23-20(18)26)9-13(2)19-14(3)17-7-8-22(11-27-22)21(4,28-17)29-19/h5-9,13-14,17,19,24H,10-11H2,1-4H3,(H,23,26)/b6-5+,12-9+,18-15+/t13-,14+,17-,19-,21-,22-/m1/s1. The summed E-state index contributed by atoms with van der Waals surface area (Å²) in [7, 11) is 0. The number of hydrogen-bond acceptors (Lipinski definition) is 6. The Morgan fingerprint density at radius 1 is 1.34 bits per heavy atom. The molecule has 3 saturated heterocycles. The van der Waals surface area contributed by atoms with Crippen molar-refractivity contribution < 1.29 is 28.9 Å². The lowest BCUT2D eigenvalue weighted by molar-refractivity contribution is -0.346. The van der Waals surface area contributed by atoms with Gasteiger partial charge in [-0.3, -0.25) is 9.59 Å². The van der Waals surface area contributed by atoms with Gasteiger partial charge in [-0.1, -0.05) is 37.6 Å². The first-order chi connectivity index (χ1) is 13.7. The largest absolute Gasteiger partial charge is 0.507 e. The van der Waals surface area contributed by atoms with Crippen molar-refractivity contribution in [3.8, 4) is 0 Å². The lowest BCUT2D eigenvalue weighted by Crippen LogP contribution is -2.61. The van der Waals surface area contributed by atoms with Crippen molar-refractivity contribution in [2.24, 2.45) is 11.8 Å². The maximum absolute atomic E-state index is 11.7. The fourth-order valence-corrected chi connectivity index (χ4v) is 4.37. The van der Waals surface area contributed by atoms with Gasteiger partial charge in [0.25, 0.3) is 5.91 Å². The number of carbonyl (C=O) groups excluding carboxylic acids is 2. The minimum atomic E-state index is -0.797. The van der Waals surface area contributed by atoms with Gasteiger partial charge in [0.15, 0.2) is 11.4 Å². The Labute approximate surface area is 170 Å². The van der Waals surface area contributed by atoms with E-state index < -0.39 is 23.1 Å². The van der Waals surface area contributed by atoms with Gasteiger partial charge in [0, 0.05) is 11.8 Å². The van der Waals surface area contributed by atoms with Crippen LogP contribution in [-0.4, -0.2) is 53.5 Å². The first-order valence-electron chi connectivity index (χ1n) is 9.96. The smallest absolute Gasteiger partial charge is 0.259 e. The lowest BCUT2D eigenvalue weighted by Gasteiger charge is -2.51. The molecule has 29 heavy (non-hydrogen) atoms. The fourth-order valence-electron chi connectivity index (χ4n) is 4.37. The topological polar surface area (TPSA) is 97.4 Å². The minimum Gasteiger partial charge on any atom is -0.507 e. The second-order valence-corrected chi connectivity index (χ2v) is 8.48. The highest BCUT2D eigenvalue weighted by Gasteiger charge is 2.65. The lowest BCUT2D eigenvalue weighted by atomic mass is 9.82. The molecule has 4 rings (SSSR count). The summed E-state index contributed by atoms with van der Waals surface area (Å²) in [6.07, 6.45) is 9.18. The first-order valence-corrected chi connectivity index (χ1v) is 9.96. The van der Waals surface area contributed by atoms with E-state index >= 15 is 0 Å². The summed E-state index contributed by atoms with van der Waals surface area (Å²) >= 11 is 0. The van der Waals surface area contributed by atoms with Gasteiger partial charge in [-0.2, -0.15) is 0 Å². The third-order valence-corrected chi connectivity index (χ3v) is 6.26. The molecule has 3 fully saturated rings. The maximum Gasteiger partial charge on any atom is 0.259 e. The quantitative estimate of drug-likeness (QED) is 0.187. The summed E-state index contributed by atoms with van der Waals surface area (Å²) < 4.78 is 18.2. The van der Waals surface area contributed by atoms with E-state index in [2.05, 4.69) is 37.4 Å². The third-order valence-electron chi connectivity index (χ3n) is 6.26. The molecule has 4 aliphatic rings. The number of Topliss-reactive ketones (excluding diaryl/α,β-unsaturated/α-hetero) is 1. The van der Waals surface area contributed by atoms with E-state index in [9.17, 15) is 14.7 Å². The van der Waals surface area contributed by atoms with E-state index in [-0.39, 0.29) is 41.9 Å². The van der Waals surface area contributed by atoms with Crippen molar-refractivity contribution in [3.63, 3.8) is 0 Å². The number of allylic oxidation sites excluding steroid dienone is 3. The van der Waals surface area contributed by atoms with E-state index in [1.54, 1.807) is 6.08 Å². The van der Waals surface area contributed by atoms with Gasteiger partial charge in [0.1, 0.15) is 11.3 Å². The Kier molecular flexibility index (Phi) is 4.80. The van der Waals surface area contributed by atoms with Crippen LogP contribution in [0, 0.1) is 11.8 Å². The van der Waals surface area contributed by atoms with Crippen LogP contribution in [0.3, 0.4) is 0 Å². The Balaban J connectivity index is 1.49. The molecule has 0 aromatic rings. The zero-order valence-electron chi connectivity index (χ0n) is 17.1. The number of ketones is 1. The summed E-state index contributed by atoms with van der Waals surface area (Å²) in [6, 6.07) is 0. The van der Waals surface area contributed by atoms with Crippen LogP contribution in [0.25, 0.3) is 0 Å². The van der Waals surface area contributed by atoms with Crippen molar-refractivity contribution in [2.45, 2.75) is 51.3 Å². The second-order valence-electron chi connectivity index (χ2n) is 8.48. The van der Waals surface area contributed by atoms with E-state index in [4.69, 9.17) is 14.2 Å². The van der Waals surface area contributed by atoms with Crippen LogP contribution < -0.4 is 5.32 Å². The zero-order valence-corrected chi connectivity index (χ0v) is 17.1. The first kappa shape index (κ1) is 20.1. The van der Waals surface area contributed by atoms with Gasteiger partial charge in [-0.25, -0.2) is 0 Å². The Bertz CT molecular complexity index is 847. The number of carbonyl (C=O) groups is 2. The highest BCUT2D eigenvalue weighted by molar-refractivity contribution is 6.25. The zero-order chi connectivity index (χ0) is 21.0. The van der Waals surface area contributed by atoms with Crippen LogP contribution in [-0.2, 0) is 23.8 Å². The fraction of sp³-hybridized carbons (Fsp3) is 0.545. The average molecular weight is 401 g/mol. The summed E-state index contributed by atoms with van der Waals surface area (Å²) in [5, 5.41) is 12.5. The molecule has 7 heteroatoms. The molecular formula is C22H27NO6. The number of hydrogen-bond donors (Lipinski definition) is 2. The highest BCUT2D eigenvalue weighted by Crippen LogP contribution is 2.51. The van der Waals surface area contributed by atoms with Gasteiger partial charge in [0.2, 0.25) is 5.79 Å². The van der Waals surface area contributed by atoms with Gasteiger partial charge in [-0.15, -0.1) is 0 Å². The van der Waals surface area contributed by atoms with E-state index in [0.717, 1.165) is 5.57 Å². The number of aliphatic hydroxyl groups is 1. The minimum absolute atomic E-state index is 0.0269. The summed E-state index contributed by atoms with van der Waals surface area (Å²) in [6.45, 7) is 8.56. The Morgan fingerprint density at radius 3 is 2.69 bits per heavy atom. The molecular weight excluding hydrogens is 374 g/mol. The van der Waals surface area contributed by atoms with Gasteiger partial charge in [-0.05, 0) is 26.0 Å². The number of nitrogens with one attached hydrogen (secondary N) is 1. The number of ether oxygens (including phenoxy) is 3. The van der Waals surface area contributed by atoms with Crippen molar-refractivity contribution >= 4 is 11.7 Å². The molecule has 156 valence electrons. The number of aliphatic hydroxyl groups excluding tert-OH is 1. The molecule has 0 unspecified atom stereocenters. The molecule has 1 spiro atoms. The molecule has 7 nitrogen and oxygen atoms in total. The predicted molar refractivity (Wildman–Crippen MR) is 105 cm³/mol. The molecule has 0 aliphatic carbocycles. The molecule has 0 saturated carbocycles. The molecule has 4 heterocycles. The van der Waals surface area contributed by atoms with Crippen molar-refractivity contribution in [1.82, 2.24) is 5.32 Å². The Morgan fingerprint density at radius 2 is 2.07 bits per heavy atom. The van der Waals surface area contributed by atoms with Crippen molar-refractivity contribution in [1.29, 1.82) is 0 Å². The van der Waals surface area contributed by atoms with E-state index in [1.165, 1.54) is 6.08 Å². The normalized spacial score (nSPS) is 41.8. The van der Waals surface area contributed by atoms with Crippen LogP contribution >= 0.6 is 0 Å². The molecule has 0 aromatic carbocycles. The summed E-state index contributed by atoms with van der Waals surface area (Å²) in [4.78, 5) is 23.3. The van der Waals surface area contributed by atoms with Gasteiger partial charge < -0.3 is 24.6 Å². The Hall–Kier alpha value is -2.22. The van der Waals surface area contributed by atoms with Gasteiger partial charge >= 0.3 is 0 Å². The number of rotatable bonds is 4. The average Bonchev–Trinajstić information content (AvgIpc) is 3.39. The number of epoxide rings is 1. The molecule has 2 N–H and O–H groups in total. The van der Waals surface area contributed by atoms with Crippen molar-refractivity contribution in [2.75, 3.05) is 13.2 Å². The van der Waals surface area contributed by atoms with Gasteiger partial charge in [0.05, 0.1) is 25.4 Å². The summed E-state index contributed by atoms with van der Waals surface area (Å²) in [5.74, 6) is -1.82. The SMILES string of the molecule is CC(/C=C/C(O)=C1/C(=O)CNC1=O)=C\[C@@H](C)[C@H]1O[C@@]2(C)O[C@H](C=C[C@@]23CO3)[C@@H]1C. The maximum atomic E-state index is 11.7. The highest BCUT2D eigenvalue weighted by atomic mass is 16.8.